The minimum absolute atomic E-state index is 0.720. The van der Waals surface area contributed by atoms with Crippen LogP contribution in [0.3, 0.4) is 0 Å². The zero-order chi connectivity index (χ0) is 7.68. The van der Waals surface area contributed by atoms with E-state index >= 15 is 0 Å². The van der Waals surface area contributed by atoms with Crippen LogP contribution in [0.15, 0.2) is 30.7 Å². The molecule has 0 atom stereocenters. The van der Waals surface area contributed by atoms with Gasteiger partial charge in [0.1, 0.15) is 0 Å². The van der Waals surface area contributed by atoms with Gasteiger partial charge in [-0.3, -0.25) is 0 Å². The SMILES string of the molecule is [C]#Cc1cccn2ccnc12. The first-order valence-corrected chi connectivity index (χ1v) is 3.26. The van der Waals surface area contributed by atoms with Crippen LogP contribution in [0.5, 0.6) is 0 Å². The Hall–Kier alpha value is -1.75. The molecule has 0 bridgehead atoms. The molecule has 2 heterocycles. The normalized spacial score (nSPS) is 9.73. The molecule has 0 aromatic carbocycles. The lowest BCUT2D eigenvalue weighted by Gasteiger charge is -1.93. The Morgan fingerprint density at radius 3 is 3.18 bits per heavy atom. The molecule has 0 saturated heterocycles. The first-order valence-electron chi connectivity index (χ1n) is 3.26. The smallest absolute Gasteiger partial charge is 0.152 e. The molecule has 2 nitrogen and oxygen atoms in total. The van der Waals surface area contributed by atoms with E-state index in [0.717, 1.165) is 11.2 Å². The highest BCUT2D eigenvalue weighted by Gasteiger charge is 1.96. The summed E-state index contributed by atoms with van der Waals surface area (Å²) < 4.78 is 1.86. The molecule has 0 fully saturated rings. The minimum Gasteiger partial charge on any atom is -0.306 e. The highest BCUT2D eigenvalue weighted by Crippen LogP contribution is 2.05. The van der Waals surface area contributed by atoms with Crippen LogP contribution in [0.4, 0.5) is 0 Å². The van der Waals surface area contributed by atoms with Crippen LogP contribution in [0.2, 0.25) is 0 Å². The van der Waals surface area contributed by atoms with Crippen molar-refractivity contribution >= 4 is 5.65 Å². The lowest BCUT2D eigenvalue weighted by atomic mass is 10.3. The molecule has 0 aliphatic heterocycles. The van der Waals surface area contributed by atoms with Crippen molar-refractivity contribution in [2.45, 2.75) is 0 Å². The molecule has 0 saturated carbocycles. The van der Waals surface area contributed by atoms with E-state index in [1.54, 1.807) is 6.20 Å². The maximum absolute atomic E-state index is 6.96. The van der Waals surface area contributed by atoms with Gasteiger partial charge in [0.15, 0.2) is 5.65 Å². The van der Waals surface area contributed by atoms with E-state index in [2.05, 4.69) is 10.9 Å². The molecule has 0 spiro atoms. The zero-order valence-electron chi connectivity index (χ0n) is 5.78. The predicted molar refractivity (Wildman–Crippen MR) is 41.4 cm³/mol. The van der Waals surface area contributed by atoms with E-state index in [-0.39, 0.29) is 0 Å². The minimum atomic E-state index is 0.720. The molecule has 2 rings (SSSR count). The standard InChI is InChI=1S/C9H5N2/c1-2-8-4-3-6-11-7-5-10-9(8)11/h3-7H. The average Bonchev–Trinajstić information content (AvgIpc) is 2.50. The molecule has 0 unspecified atom stereocenters. The van der Waals surface area contributed by atoms with Crippen LogP contribution in [0.1, 0.15) is 5.56 Å². The summed E-state index contributed by atoms with van der Waals surface area (Å²) >= 11 is 0. The molecule has 0 amide bonds. The van der Waals surface area contributed by atoms with E-state index in [1.165, 1.54) is 0 Å². The van der Waals surface area contributed by atoms with Gasteiger partial charge in [0.2, 0.25) is 0 Å². The summed E-state index contributed by atoms with van der Waals surface area (Å²) in [6, 6.07) is 3.68. The third-order valence-electron chi connectivity index (χ3n) is 1.55. The van der Waals surface area contributed by atoms with Crippen LogP contribution >= 0.6 is 0 Å². The van der Waals surface area contributed by atoms with Crippen molar-refractivity contribution in [3.05, 3.63) is 42.7 Å². The fraction of sp³-hybridized carbons (Fsp3) is 0. The zero-order valence-corrected chi connectivity index (χ0v) is 5.78. The van der Waals surface area contributed by atoms with Gasteiger partial charge >= 0.3 is 0 Å². The van der Waals surface area contributed by atoms with Crippen molar-refractivity contribution in [1.29, 1.82) is 0 Å². The van der Waals surface area contributed by atoms with Gasteiger partial charge in [-0.1, -0.05) is 0 Å². The average molecular weight is 141 g/mol. The summed E-state index contributed by atoms with van der Waals surface area (Å²) in [5.41, 5.74) is 1.50. The molecule has 2 aromatic rings. The van der Waals surface area contributed by atoms with E-state index in [1.807, 2.05) is 28.9 Å². The van der Waals surface area contributed by atoms with E-state index in [4.69, 9.17) is 6.42 Å². The molecule has 2 aromatic heterocycles. The van der Waals surface area contributed by atoms with Crippen LogP contribution < -0.4 is 0 Å². The molecule has 0 N–H and O–H groups in total. The van der Waals surface area contributed by atoms with E-state index < -0.39 is 0 Å². The van der Waals surface area contributed by atoms with Gasteiger partial charge in [0.25, 0.3) is 0 Å². The second kappa shape index (κ2) is 2.14. The predicted octanol–water partition coefficient (Wildman–Crippen LogP) is 1.27. The first-order chi connectivity index (χ1) is 5.42. The van der Waals surface area contributed by atoms with Crippen LogP contribution in [-0.2, 0) is 0 Å². The quantitative estimate of drug-likeness (QED) is 0.505. The Kier molecular flexibility index (Phi) is 1.16. The number of pyridine rings is 1. The maximum atomic E-state index is 6.96. The summed E-state index contributed by atoms with van der Waals surface area (Å²) in [6.45, 7) is 0. The Balaban J connectivity index is 2.92. The highest BCUT2D eigenvalue weighted by atomic mass is 15.0. The largest absolute Gasteiger partial charge is 0.306 e. The molecule has 0 aliphatic carbocycles. The summed E-state index contributed by atoms with van der Waals surface area (Å²) in [6.07, 6.45) is 12.4. The molecule has 2 heteroatoms. The van der Waals surface area contributed by atoms with Gasteiger partial charge in [-0.05, 0) is 24.5 Å². The Bertz CT molecular complexity index is 420. The highest BCUT2D eigenvalue weighted by molar-refractivity contribution is 5.55. The number of rotatable bonds is 0. The number of imidazole rings is 1. The molecule has 51 valence electrons. The lowest BCUT2D eigenvalue weighted by molar-refractivity contribution is 1.18. The fourth-order valence-corrected chi connectivity index (χ4v) is 1.05. The molecular weight excluding hydrogens is 136 g/mol. The van der Waals surface area contributed by atoms with Crippen LogP contribution in [0.25, 0.3) is 5.65 Å². The van der Waals surface area contributed by atoms with Crippen molar-refractivity contribution in [1.82, 2.24) is 9.38 Å². The van der Waals surface area contributed by atoms with E-state index in [0.29, 0.717) is 0 Å². The third-order valence-corrected chi connectivity index (χ3v) is 1.55. The van der Waals surface area contributed by atoms with Gasteiger partial charge in [-0.15, -0.1) is 0 Å². The Labute approximate surface area is 64.5 Å². The number of hydrogen-bond donors (Lipinski definition) is 0. The van der Waals surface area contributed by atoms with Crippen molar-refractivity contribution in [3.8, 4) is 5.92 Å². The number of hydrogen-bond acceptors (Lipinski definition) is 1. The molecular formula is C9H5N2. The van der Waals surface area contributed by atoms with E-state index in [9.17, 15) is 0 Å². The Morgan fingerprint density at radius 2 is 2.36 bits per heavy atom. The first kappa shape index (κ1) is 5.99. The van der Waals surface area contributed by atoms with Crippen LogP contribution in [-0.4, -0.2) is 9.38 Å². The van der Waals surface area contributed by atoms with Gasteiger partial charge < -0.3 is 4.40 Å². The summed E-state index contributed by atoms with van der Waals surface area (Å²) in [7, 11) is 0. The van der Waals surface area contributed by atoms with Crippen molar-refractivity contribution in [3.63, 3.8) is 0 Å². The van der Waals surface area contributed by atoms with Gasteiger partial charge in [0.05, 0.1) is 5.56 Å². The topological polar surface area (TPSA) is 17.3 Å². The Morgan fingerprint density at radius 1 is 1.45 bits per heavy atom. The van der Waals surface area contributed by atoms with Gasteiger partial charge in [-0.25, -0.2) is 4.98 Å². The summed E-state index contributed by atoms with van der Waals surface area (Å²) in [4.78, 5) is 4.07. The molecule has 11 heavy (non-hydrogen) atoms. The number of nitrogens with zero attached hydrogens (tertiary/aromatic N) is 2. The van der Waals surface area contributed by atoms with Crippen LogP contribution in [0, 0.1) is 12.3 Å². The summed E-state index contributed by atoms with van der Waals surface area (Å²) in [5.74, 6) is 2.32. The number of fused-ring (bicyclic) bond motifs is 1. The fourth-order valence-electron chi connectivity index (χ4n) is 1.05. The maximum Gasteiger partial charge on any atom is 0.152 e. The summed E-state index contributed by atoms with van der Waals surface area (Å²) in [5, 5.41) is 0. The van der Waals surface area contributed by atoms with Gasteiger partial charge in [0, 0.05) is 18.6 Å². The van der Waals surface area contributed by atoms with Crippen molar-refractivity contribution < 1.29 is 0 Å². The molecule has 1 radical (unpaired) electrons. The van der Waals surface area contributed by atoms with Crippen molar-refractivity contribution in [2.75, 3.05) is 0 Å². The lowest BCUT2D eigenvalue weighted by Crippen LogP contribution is -1.85. The second-order valence-corrected chi connectivity index (χ2v) is 2.20. The molecule has 0 aliphatic rings. The van der Waals surface area contributed by atoms with Gasteiger partial charge in [-0.2, -0.15) is 0 Å². The monoisotopic (exact) mass is 141 g/mol. The third kappa shape index (κ3) is 0.786. The van der Waals surface area contributed by atoms with Crippen molar-refractivity contribution in [2.24, 2.45) is 0 Å². The second-order valence-electron chi connectivity index (χ2n) is 2.20. The number of aromatic nitrogens is 2.